The average molecular weight is 343 g/mol. The highest BCUT2D eigenvalue weighted by Gasteiger charge is 2.16. The molecule has 1 heterocycles. The summed E-state index contributed by atoms with van der Waals surface area (Å²) in [6, 6.07) is 0.231. The van der Waals surface area contributed by atoms with Gasteiger partial charge in [0.1, 0.15) is 23.8 Å². The quantitative estimate of drug-likeness (QED) is 0.688. The summed E-state index contributed by atoms with van der Waals surface area (Å²) in [6.45, 7) is 2.15. The van der Waals surface area contributed by atoms with E-state index in [2.05, 4.69) is 20.6 Å². The fourth-order valence-electron chi connectivity index (χ4n) is 2.57. The molecular formula is C15H23ClN4O3. The molecule has 23 heavy (non-hydrogen) atoms. The van der Waals surface area contributed by atoms with Gasteiger partial charge in [0.25, 0.3) is 0 Å². The molecule has 0 aromatic carbocycles. The summed E-state index contributed by atoms with van der Waals surface area (Å²) >= 11 is 6.11. The smallest absolute Gasteiger partial charge is 0.407 e. The van der Waals surface area contributed by atoms with Crippen molar-refractivity contribution in [3.63, 3.8) is 0 Å². The van der Waals surface area contributed by atoms with E-state index in [1.54, 1.807) is 6.92 Å². The Morgan fingerprint density at radius 3 is 2.87 bits per heavy atom. The predicted octanol–water partition coefficient (Wildman–Crippen LogP) is 2.65. The van der Waals surface area contributed by atoms with Crippen molar-refractivity contribution in [2.24, 2.45) is 0 Å². The van der Waals surface area contributed by atoms with E-state index in [4.69, 9.17) is 16.3 Å². The molecule has 0 radical (unpaired) electrons. The standard InChI is InChI=1S/C15H23ClN4O3/c1-10(21)13-12(16)14(19-9-18-13)17-7-8-23-15(22)20-11-5-3-2-4-6-11/h9-11,21H,2-8H2,1H3,(H,20,22)(H,17,18,19). The van der Waals surface area contributed by atoms with E-state index in [0.29, 0.717) is 18.1 Å². The zero-order valence-corrected chi connectivity index (χ0v) is 14.0. The Bertz CT molecular complexity index is 521. The van der Waals surface area contributed by atoms with Crippen LogP contribution in [-0.4, -0.2) is 40.4 Å². The molecule has 0 saturated heterocycles. The Balaban J connectivity index is 1.71. The molecule has 1 fully saturated rings. The van der Waals surface area contributed by atoms with Gasteiger partial charge in [-0.1, -0.05) is 30.9 Å². The molecule has 7 nitrogen and oxygen atoms in total. The third-order valence-electron chi connectivity index (χ3n) is 3.77. The highest BCUT2D eigenvalue weighted by atomic mass is 35.5. The summed E-state index contributed by atoms with van der Waals surface area (Å²) in [6.07, 6.45) is 5.76. The number of carbonyl (C=O) groups is 1. The van der Waals surface area contributed by atoms with Gasteiger partial charge in [-0.25, -0.2) is 14.8 Å². The number of aromatic nitrogens is 2. The number of hydrogen-bond donors (Lipinski definition) is 3. The second-order valence-electron chi connectivity index (χ2n) is 5.64. The molecule has 3 N–H and O–H groups in total. The Morgan fingerprint density at radius 1 is 1.43 bits per heavy atom. The summed E-state index contributed by atoms with van der Waals surface area (Å²) in [5.41, 5.74) is 0.361. The van der Waals surface area contributed by atoms with Gasteiger partial charge in [-0.2, -0.15) is 0 Å². The normalized spacial score (nSPS) is 16.7. The maximum atomic E-state index is 11.7. The number of hydrogen-bond acceptors (Lipinski definition) is 6. The van der Waals surface area contributed by atoms with Crippen molar-refractivity contribution in [3.8, 4) is 0 Å². The number of aliphatic hydroxyl groups is 1. The molecule has 1 amide bonds. The molecule has 1 atom stereocenters. The van der Waals surface area contributed by atoms with Gasteiger partial charge in [0.15, 0.2) is 0 Å². The second-order valence-corrected chi connectivity index (χ2v) is 6.02. The third-order valence-corrected chi connectivity index (χ3v) is 4.14. The second kappa shape index (κ2) is 8.88. The Labute approximate surface area is 140 Å². The molecule has 1 aliphatic rings. The first kappa shape index (κ1) is 17.7. The van der Waals surface area contributed by atoms with Crippen LogP contribution < -0.4 is 10.6 Å². The van der Waals surface area contributed by atoms with Crippen LogP contribution in [0, 0.1) is 0 Å². The van der Waals surface area contributed by atoms with E-state index >= 15 is 0 Å². The fraction of sp³-hybridized carbons (Fsp3) is 0.667. The Kier molecular flexibility index (Phi) is 6.85. The number of carbonyl (C=O) groups excluding carboxylic acids is 1. The van der Waals surface area contributed by atoms with Gasteiger partial charge >= 0.3 is 6.09 Å². The number of aliphatic hydroxyl groups excluding tert-OH is 1. The molecule has 0 bridgehead atoms. The predicted molar refractivity (Wildman–Crippen MR) is 87.5 cm³/mol. The van der Waals surface area contributed by atoms with Crippen LogP contribution in [0.4, 0.5) is 10.6 Å². The van der Waals surface area contributed by atoms with Crippen molar-refractivity contribution in [2.45, 2.75) is 51.2 Å². The average Bonchev–Trinajstić information content (AvgIpc) is 2.53. The molecular weight excluding hydrogens is 320 g/mol. The molecule has 1 aromatic heterocycles. The van der Waals surface area contributed by atoms with Gasteiger partial charge in [-0.3, -0.25) is 0 Å². The number of rotatable bonds is 6. The van der Waals surface area contributed by atoms with Crippen LogP contribution >= 0.6 is 11.6 Å². The van der Waals surface area contributed by atoms with Gasteiger partial charge < -0.3 is 20.5 Å². The Morgan fingerprint density at radius 2 is 2.17 bits per heavy atom. The highest BCUT2D eigenvalue weighted by molar-refractivity contribution is 6.33. The summed E-state index contributed by atoms with van der Waals surface area (Å²) in [7, 11) is 0. The van der Waals surface area contributed by atoms with Gasteiger partial charge in [0.05, 0.1) is 18.3 Å². The lowest BCUT2D eigenvalue weighted by Crippen LogP contribution is -2.37. The first-order valence-electron chi connectivity index (χ1n) is 7.93. The van der Waals surface area contributed by atoms with Gasteiger partial charge in [0, 0.05) is 6.04 Å². The molecule has 0 spiro atoms. The summed E-state index contributed by atoms with van der Waals surface area (Å²) in [4.78, 5) is 19.6. The van der Waals surface area contributed by atoms with E-state index in [1.165, 1.54) is 12.7 Å². The molecule has 2 rings (SSSR count). The van der Waals surface area contributed by atoms with Crippen molar-refractivity contribution in [1.29, 1.82) is 0 Å². The molecule has 8 heteroatoms. The van der Waals surface area contributed by atoms with E-state index in [-0.39, 0.29) is 17.7 Å². The minimum atomic E-state index is -0.774. The van der Waals surface area contributed by atoms with Crippen LogP contribution in [0.1, 0.15) is 50.8 Å². The lowest BCUT2D eigenvalue weighted by molar-refractivity contribution is 0.143. The van der Waals surface area contributed by atoms with Crippen molar-refractivity contribution in [1.82, 2.24) is 15.3 Å². The largest absolute Gasteiger partial charge is 0.448 e. The van der Waals surface area contributed by atoms with E-state index in [9.17, 15) is 9.90 Å². The zero-order chi connectivity index (χ0) is 16.7. The lowest BCUT2D eigenvalue weighted by Gasteiger charge is -2.22. The summed E-state index contributed by atoms with van der Waals surface area (Å²) in [5.74, 6) is 0.411. The van der Waals surface area contributed by atoms with Gasteiger partial charge in [0.2, 0.25) is 0 Å². The minimum Gasteiger partial charge on any atom is -0.448 e. The lowest BCUT2D eigenvalue weighted by atomic mass is 9.96. The van der Waals surface area contributed by atoms with Crippen molar-refractivity contribution >= 4 is 23.5 Å². The topological polar surface area (TPSA) is 96.4 Å². The van der Waals surface area contributed by atoms with E-state index < -0.39 is 12.2 Å². The maximum absolute atomic E-state index is 11.7. The molecule has 1 unspecified atom stereocenters. The monoisotopic (exact) mass is 342 g/mol. The highest BCUT2D eigenvalue weighted by Crippen LogP contribution is 2.25. The van der Waals surface area contributed by atoms with Crippen molar-refractivity contribution in [3.05, 3.63) is 17.0 Å². The number of nitrogens with one attached hydrogen (secondary N) is 2. The fourth-order valence-corrected chi connectivity index (χ4v) is 2.89. The van der Waals surface area contributed by atoms with Crippen LogP contribution in [-0.2, 0) is 4.74 Å². The number of nitrogens with zero attached hydrogens (tertiary/aromatic N) is 2. The zero-order valence-electron chi connectivity index (χ0n) is 13.2. The van der Waals surface area contributed by atoms with Crippen molar-refractivity contribution < 1.29 is 14.6 Å². The van der Waals surface area contributed by atoms with Gasteiger partial charge in [-0.05, 0) is 19.8 Å². The molecule has 1 saturated carbocycles. The van der Waals surface area contributed by atoms with Crippen LogP contribution in [0.2, 0.25) is 5.02 Å². The minimum absolute atomic E-state index is 0.197. The van der Waals surface area contributed by atoms with Crippen LogP contribution in [0.15, 0.2) is 6.33 Å². The first-order valence-corrected chi connectivity index (χ1v) is 8.31. The van der Waals surface area contributed by atoms with Crippen LogP contribution in [0.5, 0.6) is 0 Å². The maximum Gasteiger partial charge on any atom is 0.407 e. The molecule has 128 valence electrons. The molecule has 0 aliphatic heterocycles. The van der Waals surface area contributed by atoms with Crippen molar-refractivity contribution in [2.75, 3.05) is 18.5 Å². The van der Waals surface area contributed by atoms with Gasteiger partial charge in [-0.15, -0.1) is 0 Å². The number of amides is 1. The first-order chi connectivity index (χ1) is 11.1. The Hall–Kier alpha value is -1.60. The number of ether oxygens (including phenoxy) is 1. The molecule has 1 aliphatic carbocycles. The number of halogens is 1. The third kappa shape index (κ3) is 5.51. The SMILES string of the molecule is CC(O)c1ncnc(NCCOC(=O)NC2CCCCC2)c1Cl. The summed E-state index contributed by atoms with van der Waals surface area (Å²) < 4.78 is 5.14. The van der Waals surface area contributed by atoms with Crippen LogP contribution in [0.25, 0.3) is 0 Å². The van der Waals surface area contributed by atoms with E-state index in [0.717, 1.165) is 25.7 Å². The number of alkyl carbamates (subject to hydrolysis) is 1. The molecule has 1 aromatic rings. The van der Waals surface area contributed by atoms with E-state index in [1.807, 2.05) is 0 Å². The number of anilines is 1. The summed E-state index contributed by atoms with van der Waals surface area (Å²) in [5, 5.41) is 15.7. The van der Waals surface area contributed by atoms with Crippen LogP contribution in [0.3, 0.4) is 0 Å².